The number of carbonyl (C=O) groups is 1. The minimum Gasteiger partial charge on any atom is -0.481 e. The highest BCUT2D eigenvalue weighted by atomic mass is 32.1. The second-order valence-electron chi connectivity index (χ2n) is 3.33. The summed E-state index contributed by atoms with van der Waals surface area (Å²) in [5.41, 5.74) is -1.19. The zero-order valence-corrected chi connectivity index (χ0v) is 8.88. The van der Waals surface area contributed by atoms with Gasteiger partial charge in [0.1, 0.15) is 5.60 Å². The van der Waals surface area contributed by atoms with Crippen molar-refractivity contribution in [3.8, 4) is 0 Å². The highest BCUT2D eigenvalue weighted by molar-refractivity contribution is 7.10. The van der Waals surface area contributed by atoms with Crippen molar-refractivity contribution in [3.05, 3.63) is 22.4 Å². The van der Waals surface area contributed by atoms with Crippen LogP contribution < -0.4 is 0 Å². The van der Waals surface area contributed by atoms with Crippen LogP contribution in [0.5, 0.6) is 0 Å². The molecule has 1 rings (SSSR count). The first-order valence-corrected chi connectivity index (χ1v) is 5.44. The Morgan fingerprint density at radius 2 is 2.36 bits per heavy atom. The molecule has 0 aromatic carbocycles. The van der Waals surface area contributed by atoms with Gasteiger partial charge in [-0.15, -0.1) is 11.3 Å². The summed E-state index contributed by atoms with van der Waals surface area (Å²) >= 11 is 1.40. The van der Waals surface area contributed by atoms with Crippen molar-refractivity contribution >= 4 is 17.3 Å². The van der Waals surface area contributed by atoms with Gasteiger partial charge in [0.15, 0.2) is 0 Å². The maximum atomic E-state index is 10.6. The predicted octanol–water partition coefficient (Wildman–Crippen LogP) is 2.21. The Morgan fingerprint density at radius 3 is 2.79 bits per heavy atom. The molecule has 0 aliphatic carbocycles. The molecule has 0 spiro atoms. The lowest BCUT2D eigenvalue weighted by Gasteiger charge is -2.24. The molecule has 1 atom stereocenters. The van der Waals surface area contributed by atoms with Crippen LogP contribution in [0.15, 0.2) is 17.5 Å². The SMILES string of the molecule is CCCC(O)(CC(=O)O)c1cccs1. The molecule has 4 heteroatoms. The molecule has 0 saturated heterocycles. The standard InChI is InChI=1S/C10H14O3S/c1-2-5-10(13,7-9(11)12)8-4-3-6-14-8/h3-4,6,13H,2,5,7H2,1H3,(H,11,12). The fraction of sp³-hybridized carbons (Fsp3) is 0.500. The number of aliphatic hydroxyl groups is 1. The molecule has 1 aromatic rings. The molecule has 14 heavy (non-hydrogen) atoms. The van der Waals surface area contributed by atoms with Crippen LogP contribution in [0, 0.1) is 0 Å². The van der Waals surface area contributed by atoms with E-state index < -0.39 is 11.6 Å². The highest BCUT2D eigenvalue weighted by Crippen LogP contribution is 2.33. The van der Waals surface area contributed by atoms with Gasteiger partial charge in [-0.05, 0) is 17.9 Å². The van der Waals surface area contributed by atoms with Gasteiger partial charge in [-0.1, -0.05) is 19.4 Å². The smallest absolute Gasteiger partial charge is 0.306 e. The Morgan fingerprint density at radius 1 is 1.64 bits per heavy atom. The van der Waals surface area contributed by atoms with Gasteiger partial charge >= 0.3 is 5.97 Å². The van der Waals surface area contributed by atoms with Gasteiger partial charge in [0.05, 0.1) is 6.42 Å². The quantitative estimate of drug-likeness (QED) is 0.790. The first-order valence-electron chi connectivity index (χ1n) is 4.56. The molecule has 0 amide bonds. The maximum absolute atomic E-state index is 10.6. The summed E-state index contributed by atoms with van der Waals surface area (Å²) in [6.45, 7) is 1.93. The van der Waals surface area contributed by atoms with E-state index in [0.29, 0.717) is 6.42 Å². The monoisotopic (exact) mass is 214 g/mol. The van der Waals surface area contributed by atoms with E-state index in [1.807, 2.05) is 18.4 Å². The number of thiophene rings is 1. The molecular weight excluding hydrogens is 200 g/mol. The van der Waals surface area contributed by atoms with Crippen LogP contribution in [0.4, 0.5) is 0 Å². The number of rotatable bonds is 5. The minimum absolute atomic E-state index is 0.221. The van der Waals surface area contributed by atoms with Crippen molar-refractivity contribution in [2.45, 2.75) is 31.8 Å². The molecule has 3 nitrogen and oxygen atoms in total. The van der Waals surface area contributed by atoms with Gasteiger partial charge in [0.25, 0.3) is 0 Å². The normalized spacial score (nSPS) is 15.0. The van der Waals surface area contributed by atoms with Gasteiger partial charge in [0.2, 0.25) is 0 Å². The number of hydrogen-bond acceptors (Lipinski definition) is 3. The summed E-state index contributed by atoms with van der Waals surface area (Å²) in [4.78, 5) is 11.4. The second kappa shape index (κ2) is 4.57. The van der Waals surface area contributed by atoms with Crippen LogP contribution >= 0.6 is 11.3 Å². The van der Waals surface area contributed by atoms with E-state index in [0.717, 1.165) is 11.3 Å². The maximum Gasteiger partial charge on any atom is 0.306 e. The summed E-state index contributed by atoms with van der Waals surface area (Å²) in [6, 6.07) is 3.60. The van der Waals surface area contributed by atoms with E-state index in [2.05, 4.69) is 0 Å². The average molecular weight is 214 g/mol. The minimum atomic E-state index is -1.19. The molecule has 0 aliphatic heterocycles. The van der Waals surface area contributed by atoms with Gasteiger partial charge < -0.3 is 10.2 Å². The van der Waals surface area contributed by atoms with Crippen LogP contribution in [0.1, 0.15) is 31.1 Å². The second-order valence-corrected chi connectivity index (χ2v) is 4.28. The van der Waals surface area contributed by atoms with E-state index in [1.165, 1.54) is 11.3 Å². The fourth-order valence-corrected chi connectivity index (χ4v) is 2.36. The third-order valence-electron chi connectivity index (χ3n) is 2.09. The molecule has 1 aromatic heterocycles. The Kier molecular flexibility index (Phi) is 3.66. The first kappa shape index (κ1) is 11.2. The molecule has 78 valence electrons. The average Bonchev–Trinajstić information content (AvgIpc) is 2.54. The Labute approximate surface area is 87.0 Å². The summed E-state index contributed by atoms with van der Waals surface area (Å²) < 4.78 is 0. The van der Waals surface area contributed by atoms with Crippen LogP contribution in [-0.4, -0.2) is 16.2 Å². The van der Waals surface area contributed by atoms with Crippen molar-refractivity contribution in [2.75, 3.05) is 0 Å². The fourth-order valence-electron chi connectivity index (χ4n) is 1.51. The highest BCUT2D eigenvalue weighted by Gasteiger charge is 2.32. The molecular formula is C10H14O3S. The summed E-state index contributed by atoms with van der Waals surface area (Å²) in [6.07, 6.45) is 1.03. The van der Waals surface area contributed by atoms with Crippen LogP contribution in [0.3, 0.4) is 0 Å². The lowest BCUT2D eigenvalue weighted by molar-refractivity contribution is -0.143. The van der Waals surface area contributed by atoms with Gasteiger partial charge in [-0.25, -0.2) is 0 Å². The van der Waals surface area contributed by atoms with Crippen molar-refractivity contribution in [1.29, 1.82) is 0 Å². The molecule has 0 bridgehead atoms. The van der Waals surface area contributed by atoms with Gasteiger partial charge in [-0.3, -0.25) is 4.79 Å². The van der Waals surface area contributed by atoms with E-state index in [9.17, 15) is 9.90 Å². The van der Waals surface area contributed by atoms with E-state index in [-0.39, 0.29) is 6.42 Å². The van der Waals surface area contributed by atoms with Crippen molar-refractivity contribution < 1.29 is 15.0 Å². The lowest BCUT2D eigenvalue weighted by atomic mass is 9.92. The zero-order chi connectivity index (χ0) is 10.6. The number of hydrogen-bond donors (Lipinski definition) is 2. The molecule has 2 N–H and O–H groups in total. The van der Waals surface area contributed by atoms with Gasteiger partial charge in [-0.2, -0.15) is 0 Å². The van der Waals surface area contributed by atoms with E-state index in [4.69, 9.17) is 5.11 Å². The van der Waals surface area contributed by atoms with Crippen LogP contribution in [-0.2, 0) is 10.4 Å². The Hall–Kier alpha value is -0.870. The zero-order valence-electron chi connectivity index (χ0n) is 8.06. The number of carboxylic acid groups (broad SMARTS) is 1. The van der Waals surface area contributed by atoms with Crippen LogP contribution in [0.25, 0.3) is 0 Å². The molecule has 0 fully saturated rings. The first-order chi connectivity index (χ1) is 6.58. The molecule has 0 saturated carbocycles. The molecule has 0 aliphatic rings. The summed E-state index contributed by atoms with van der Waals surface area (Å²) in [5, 5.41) is 20.7. The molecule has 1 unspecified atom stereocenters. The van der Waals surface area contributed by atoms with E-state index in [1.54, 1.807) is 6.07 Å². The van der Waals surface area contributed by atoms with Crippen LogP contribution in [0.2, 0.25) is 0 Å². The Bertz CT molecular complexity index is 294. The predicted molar refractivity (Wildman–Crippen MR) is 55.4 cm³/mol. The Balaban J connectivity index is 2.86. The van der Waals surface area contributed by atoms with E-state index >= 15 is 0 Å². The number of aliphatic carboxylic acids is 1. The summed E-state index contributed by atoms with van der Waals surface area (Å²) in [5.74, 6) is -0.964. The van der Waals surface area contributed by atoms with Crippen molar-refractivity contribution in [1.82, 2.24) is 0 Å². The van der Waals surface area contributed by atoms with Crippen molar-refractivity contribution in [2.24, 2.45) is 0 Å². The molecule has 1 heterocycles. The van der Waals surface area contributed by atoms with Crippen molar-refractivity contribution in [3.63, 3.8) is 0 Å². The number of carboxylic acids is 1. The van der Waals surface area contributed by atoms with Gasteiger partial charge in [0, 0.05) is 4.88 Å². The topological polar surface area (TPSA) is 57.5 Å². The summed E-state index contributed by atoms with van der Waals surface area (Å²) in [7, 11) is 0. The third kappa shape index (κ3) is 2.56. The lowest BCUT2D eigenvalue weighted by Crippen LogP contribution is -2.27. The third-order valence-corrected chi connectivity index (χ3v) is 3.15. The largest absolute Gasteiger partial charge is 0.481 e. The molecule has 0 radical (unpaired) electrons.